The Morgan fingerprint density at radius 3 is 2.79 bits per heavy atom. The van der Waals surface area contributed by atoms with Crippen LogP contribution in [0.2, 0.25) is 0 Å². The monoisotopic (exact) mass is 287 g/mol. The Morgan fingerprint density at radius 1 is 1.47 bits per heavy atom. The highest BCUT2D eigenvalue weighted by atomic mass is 35.5. The van der Waals surface area contributed by atoms with E-state index in [9.17, 15) is 9.18 Å². The third-order valence-electron chi connectivity index (χ3n) is 2.84. The molecule has 0 aliphatic carbocycles. The van der Waals surface area contributed by atoms with Crippen LogP contribution in [-0.4, -0.2) is 18.9 Å². The molecule has 3 nitrogen and oxygen atoms in total. The van der Waals surface area contributed by atoms with Crippen molar-refractivity contribution in [2.24, 2.45) is 0 Å². The molecule has 1 rings (SSSR count). The number of nitrogens with one attached hydrogen (secondary N) is 1. The minimum absolute atomic E-state index is 0.0474. The highest BCUT2D eigenvalue weighted by molar-refractivity contribution is 6.17. The third kappa shape index (κ3) is 5.07. The standard InChI is InChI=1S/C14H19ClFNO2/c1-10(17-14(18)5-3-4-8-15)11-6-7-13(19-2)12(16)9-11/h6-7,9-10H,3-5,8H2,1-2H3,(H,17,18). The highest BCUT2D eigenvalue weighted by Crippen LogP contribution is 2.21. The number of unbranched alkanes of at least 4 members (excludes halogenated alkanes) is 1. The second-order valence-electron chi connectivity index (χ2n) is 4.33. The number of carbonyl (C=O) groups is 1. The summed E-state index contributed by atoms with van der Waals surface area (Å²) in [6.45, 7) is 1.82. The summed E-state index contributed by atoms with van der Waals surface area (Å²) >= 11 is 5.55. The molecule has 1 unspecified atom stereocenters. The number of rotatable bonds is 7. The van der Waals surface area contributed by atoms with Crippen LogP contribution in [-0.2, 0) is 4.79 Å². The molecule has 1 aromatic carbocycles. The highest BCUT2D eigenvalue weighted by Gasteiger charge is 2.12. The SMILES string of the molecule is COc1ccc(C(C)NC(=O)CCCCCl)cc1F. The lowest BCUT2D eigenvalue weighted by Gasteiger charge is -2.15. The molecular weight excluding hydrogens is 269 g/mol. The van der Waals surface area contributed by atoms with Crippen molar-refractivity contribution in [2.45, 2.75) is 32.2 Å². The zero-order valence-corrected chi connectivity index (χ0v) is 12.0. The molecule has 1 amide bonds. The van der Waals surface area contributed by atoms with E-state index in [0.717, 1.165) is 12.8 Å². The van der Waals surface area contributed by atoms with E-state index < -0.39 is 5.82 Å². The summed E-state index contributed by atoms with van der Waals surface area (Å²) in [5.41, 5.74) is 0.712. The van der Waals surface area contributed by atoms with Gasteiger partial charge < -0.3 is 10.1 Å². The van der Waals surface area contributed by atoms with Gasteiger partial charge in [-0.05, 0) is 37.5 Å². The Kier molecular flexibility index (Phi) is 6.64. The van der Waals surface area contributed by atoms with Crippen LogP contribution in [0.15, 0.2) is 18.2 Å². The molecule has 0 aliphatic rings. The van der Waals surface area contributed by atoms with Gasteiger partial charge in [0.2, 0.25) is 5.91 Å². The molecule has 0 saturated heterocycles. The van der Waals surface area contributed by atoms with Crippen molar-refractivity contribution in [1.82, 2.24) is 5.32 Å². The van der Waals surface area contributed by atoms with Crippen molar-refractivity contribution >= 4 is 17.5 Å². The van der Waals surface area contributed by atoms with Crippen LogP contribution in [0.1, 0.15) is 37.8 Å². The fraction of sp³-hybridized carbons (Fsp3) is 0.500. The van der Waals surface area contributed by atoms with Crippen molar-refractivity contribution in [2.75, 3.05) is 13.0 Å². The molecule has 1 aromatic rings. The first-order valence-electron chi connectivity index (χ1n) is 6.27. The van der Waals surface area contributed by atoms with E-state index in [4.69, 9.17) is 16.3 Å². The van der Waals surface area contributed by atoms with Crippen LogP contribution in [0.3, 0.4) is 0 Å². The average molecular weight is 288 g/mol. The van der Waals surface area contributed by atoms with Crippen LogP contribution in [0.25, 0.3) is 0 Å². The minimum atomic E-state index is -0.428. The minimum Gasteiger partial charge on any atom is -0.494 e. The van der Waals surface area contributed by atoms with Gasteiger partial charge >= 0.3 is 0 Å². The lowest BCUT2D eigenvalue weighted by molar-refractivity contribution is -0.121. The normalized spacial score (nSPS) is 12.0. The second-order valence-corrected chi connectivity index (χ2v) is 4.71. The fourth-order valence-corrected chi connectivity index (χ4v) is 1.92. The first-order valence-corrected chi connectivity index (χ1v) is 6.80. The Labute approximate surface area is 118 Å². The first kappa shape index (κ1) is 15.8. The van der Waals surface area contributed by atoms with Crippen LogP contribution >= 0.6 is 11.6 Å². The third-order valence-corrected chi connectivity index (χ3v) is 3.11. The molecule has 0 aliphatic heterocycles. The van der Waals surface area contributed by atoms with E-state index in [1.165, 1.54) is 13.2 Å². The van der Waals surface area contributed by atoms with Gasteiger partial charge in [0.15, 0.2) is 11.6 Å². The maximum absolute atomic E-state index is 13.5. The summed E-state index contributed by atoms with van der Waals surface area (Å²) in [6.07, 6.45) is 2.02. The molecule has 0 radical (unpaired) electrons. The van der Waals surface area contributed by atoms with Gasteiger partial charge in [0.05, 0.1) is 13.2 Å². The van der Waals surface area contributed by atoms with Crippen molar-refractivity contribution in [3.05, 3.63) is 29.6 Å². The van der Waals surface area contributed by atoms with Gasteiger partial charge in [0.25, 0.3) is 0 Å². The Balaban J connectivity index is 2.55. The quantitative estimate of drug-likeness (QED) is 0.616. The Bertz CT molecular complexity index is 426. The van der Waals surface area contributed by atoms with Crippen LogP contribution < -0.4 is 10.1 Å². The fourth-order valence-electron chi connectivity index (χ4n) is 1.73. The predicted octanol–water partition coefficient (Wildman–Crippen LogP) is 3.42. The molecule has 1 N–H and O–H groups in total. The smallest absolute Gasteiger partial charge is 0.220 e. The number of alkyl halides is 1. The summed E-state index contributed by atoms with van der Waals surface area (Å²) in [7, 11) is 1.42. The molecule has 0 bridgehead atoms. The van der Waals surface area contributed by atoms with Gasteiger partial charge in [-0.3, -0.25) is 4.79 Å². The van der Waals surface area contributed by atoms with Crippen LogP contribution in [0.5, 0.6) is 5.75 Å². The molecule has 0 saturated carbocycles. The average Bonchev–Trinajstić information content (AvgIpc) is 2.38. The maximum Gasteiger partial charge on any atom is 0.220 e. The van der Waals surface area contributed by atoms with Crippen molar-refractivity contribution < 1.29 is 13.9 Å². The molecule has 1 atom stereocenters. The molecule has 19 heavy (non-hydrogen) atoms. The van der Waals surface area contributed by atoms with Gasteiger partial charge in [-0.1, -0.05) is 6.07 Å². The maximum atomic E-state index is 13.5. The number of ether oxygens (including phenoxy) is 1. The van der Waals surface area contributed by atoms with E-state index in [-0.39, 0.29) is 17.7 Å². The van der Waals surface area contributed by atoms with Gasteiger partial charge in [-0.25, -0.2) is 4.39 Å². The first-order chi connectivity index (χ1) is 9.08. The van der Waals surface area contributed by atoms with E-state index >= 15 is 0 Å². The molecule has 106 valence electrons. The van der Waals surface area contributed by atoms with E-state index in [2.05, 4.69) is 5.32 Å². The van der Waals surface area contributed by atoms with Gasteiger partial charge in [-0.15, -0.1) is 11.6 Å². The van der Waals surface area contributed by atoms with E-state index in [1.54, 1.807) is 12.1 Å². The number of hydrogen-bond acceptors (Lipinski definition) is 2. The second kappa shape index (κ2) is 8.00. The lowest BCUT2D eigenvalue weighted by atomic mass is 10.1. The molecule has 0 spiro atoms. The Morgan fingerprint density at radius 2 is 2.21 bits per heavy atom. The number of carbonyl (C=O) groups excluding carboxylic acids is 1. The van der Waals surface area contributed by atoms with Gasteiger partial charge in [-0.2, -0.15) is 0 Å². The van der Waals surface area contributed by atoms with Crippen LogP contribution in [0, 0.1) is 5.82 Å². The van der Waals surface area contributed by atoms with Crippen LogP contribution in [0.4, 0.5) is 4.39 Å². The molecule has 0 aromatic heterocycles. The van der Waals surface area contributed by atoms with Gasteiger partial charge in [0, 0.05) is 12.3 Å². The predicted molar refractivity (Wildman–Crippen MR) is 74.1 cm³/mol. The molecule has 5 heteroatoms. The summed E-state index contributed by atoms with van der Waals surface area (Å²) in [5, 5.41) is 2.83. The summed E-state index contributed by atoms with van der Waals surface area (Å²) in [6, 6.07) is 4.44. The number of amides is 1. The summed E-state index contributed by atoms with van der Waals surface area (Å²) in [5.74, 6) is 0.286. The number of halogens is 2. The zero-order valence-electron chi connectivity index (χ0n) is 11.2. The topological polar surface area (TPSA) is 38.3 Å². The van der Waals surface area contributed by atoms with Gasteiger partial charge in [0.1, 0.15) is 0 Å². The van der Waals surface area contributed by atoms with Crippen molar-refractivity contribution in [1.29, 1.82) is 0 Å². The van der Waals surface area contributed by atoms with E-state index in [0.29, 0.717) is 17.9 Å². The van der Waals surface area contributed by atoms with E-state index in [1.807, 2.05) is 6.92 Å². The van der Waals surface area contributed by atoms with Crippen molar-refractivity contribution in [3.63, 3.8) is 0 Å². The summed E-state index contributed by atoms with van der Waals surface area (Å²) in [4.78, 5) is 11.6. The van der Waals surface area contributed by atoms with Crippen molar-refractivity contribution in [3.8, 4) is 5.75 Å². The molecule has 0 heterocycles. The number of methoxy groups -OCH3 is 1. The summed E-state index contributed by atoms with van der Waals surface area (Å²) < 4.78 is 18.4. The Hall–Kier alpha value is -1.29. The molecular formula is C14H19ClFNO2. The molecule has 0 fully saturated rings. The number of hydrogen-bond donors (Lipinski definition) is 1. The zero-order chi connectivity index (χ0) is 14.3. The largest absolute Gasteiger partial charge is 0.494 e. The number of benzene rings is 1. The lowest BCUT2D eigenvalue weighted by Crippen LogP contribution is -2.26.